The number of benzene rings is 1. The van der Waals surface area contributed by atoms with Crippen molar-refractivity contribution in [2.24, 2.45) is 11.8 Å². The molecular weight excluding hydrogens is 374 g/mol. The molecule has 2 bridgehead atoms. The Bertz CT molecular complexity index is 790. The van der Waals surface area contributed by atoms with Gasteiger partial charge in [-0.15, -0.1) is 0 Å². The molecule has 0 aromatic heterocycles. The Morgan fingerprint density at radius 1 is 1.17 bits per heavy atom. The van der Waals surface area contributed by atoms with Crippen molar-refractivity contribution in [3.63, 3.8) is 0 Å². The van der Waals surface area contributed by atoms with Gasteiger partial charge in [-0.25, -0.2) is 4.79 Å². The Labute approximate surface area is 180 Å². The van der Waals surface area contributed by atoms with Crippen molar-refractivity contribution >= 4 is 6.03 Å². The maximum atomic E-state index is 13.1. The van der Waals surface area contributed by atoms with Crippen LogP contribution in [0.5, 0.6) is 5.75 Å². The number of amides is 2. The maximum Gasteiger partial charge on any atom is 0.317 e. The molecule has 2 amide bonds. The topological polar surface area (TPSA) is 44.8 Å². The van der Waals surface area contributed by atoms with E-state index < -0.39 is 0 Å². The summed E-state index contributed by atoms with van der Waals surface area (Å²) in [5.41, 5.74) is 2.78. The Kier molecular flexibility index (Phi) is 5.72. The van der Waals surface area contributed by atoms with Crippen LogP contribution in [-0.4, -0.2) is 61.2 Å². The quantitative estimate of drug-likeness (QED) is 0.769. The smallest absolute Gasteiger partial charge is 0.317 e. The Morgan fingerprint density at radius 3 is 2.87 bits per heavy atom. The number of hydrogen-bond donors (Lipinski definition) is 1. The predicted molar refractivity (Wildman–Crippen MR) is 119 cm³/mol. The normalized spacial score (nSPS) is 30.7. The molecule has 1 aliphatic carbocycles. The zero-order valence-corrected chi connectivity index (χ0v) is 18.2. The lowest BCUT2D eigenvalue weighted by Crippen LogP contribution is -2.61. The van der Waals surface area contributed by atoms with Crippen molar-refractivity contribution in [2.45, 2.75) is 57.0 Å². The highest BCUT2D eigenvalue weighted by Crippen LogP contribution is 2.44. The average Bonchev–Trinajstić information content (AvgIpc) is 2.79. The number of rotatable bonds is 4. The molecule has 5 heteroatoms. The van der Waals surface area contributed by atoms with Gasteiger partial charge < -0.3 is 15.0 Å². The third-order valence-electron chi connectivity index (χ3n) is 7.77. The van der Waals surface area contributed by atoms with Gasteiger partial charge in [0.05, 0.1) is 13.2 Å². The SMILES string of the molecule is COc1ccc(CCNC(=O)N2CCCC3=C[C@@H]4C[C@H](CN5CCCC[C@@H]45)[C@@H]32)cc1. The number of carbonyl (C=O) groups excluding carboxylic acids is 1. The zero-order valence-electron chi connectivity index (χ0n) is 18.2. The molecule has 1 N–H and O–H groups in total. The standard InChI is InChI=1S/C25H35N3O2/c1-30-22-9-7-18(8-10-22)11-12-26-25(29)28-14-4-5-19-15-20-16-21(24(19)28)17-27-13-3-2-6-23(20)27/h7-10,15,20-21,23-24H,2-6,11-14,16-17H2,1H3,(H,26,29)/t20-,21-,23+,24-/m1/s1. The van der Waals surface area contributed by atoms with Gasteiger partial charge in [0.2, 0.25) is 0 Å². The van der Waals surface area contributed by atoms with Crippen molar-refractivity contribution in [3.8, 4) is 5.75 Å². The molecule has 4 aliphatic rings. The van der Waals surface area contributed by atoms with Crippen molar-refractivity contribution in [3.05, 3.63) is 41.5 Å². The number of nitrogens with one attached hydrogen (secondary N) is 1. The van der Waals surface area contributed by atoms with Gasteiger partial charge in [0.25, 0.3) is 0 Å². The van der Waals surface area contributed by atoms with E-state index in [0.717, 1.165) is 31.2 Å². The van der Waals surface area contributed by atoms with Crippen LogP contribution in [0.1, 0.15) is 44.1 Å². The molecule has 4 atom stereocenters. The van der Waals surface area contributed by atoms with Crippen LogP contribution in [0.3, 0.4) is 0 Å². The van der Waals surface area contributed by atoms with Crippen LogP contribution in [-0.2, 0) is 6.42 Å². The molecule has 5 nitrogen and oxygen atoms in total. The number of fused-ring (bicyclic) bond motifs is 6. The minimum atomic E-state index is 0.123. The zero-order chi connectivity index (χ0) is 20.5. The largest absolute Gasteiger partial charge is 0.497 e. The average molecular weight is 410 g/mol. The molecule has 3 heterocycles. The lowest BCUT2D eigenvalue weighted by Gasteiger charge is -2.54. The third kappa shape index (κ3) is 3.84. The summed E-state index contributed by atoms with van der Waals surface area (Å²) in [4.78, 5) is 18.0. The van der Waals surface area contributed by atoms with E-state index in [1.54, 1.807) is 12.7 Å². The van der Waals surface area contributed by atoms with Gasteiger partial charge in [-0.2, -0.15) is 0 Å². The second kappa shape index (κ2) is 8.62. The second-order valence-corrected chi connectivity index (χ2v) is 9.53. The van der Waals surface area contributed by atoms with Crippen LogP contribution >= 0.6 is 0 Å². The number of urea groups is 1. The van der Waals surface area contributed by atoms with Crippen LogP contribution in [0.15, 0.2) is 35.9 Å². The van der Waals surface area contributed by atoms with Gasteiger partial charge in [-0.1, -0.05) is 30.2 Å². The summed E-state index contributed by atoms with van der Waals surface area (Å²) in [6.07, 6.45) is 11.1. The Hall–Kier alpha value is -2.01. The molecular formula is C25H35N3O2. The first-order chi connectivity index (χ1) is 14.7. The van der Waals surface area contributed by atoms with Gasteiger partial charge in [0.1, 0.15) is 5.75 Å². The van der Waals surface area contributed by atoms with Crippen LogP contribution in [0.2, 0.25) is 0 Å². The van der Waals surface area contributed by atoms with E-state index in [9.17, 15) is 4.79 Å². The van der Waals surface area contributed by atoms with Gasteiger partial charge in [-0.3, -0.25) is 4.90 Å². The minimum absolute atomic E-state index is 0.123. The van der Waals surface area contributed by atoms with E-state index in [1.165, 1.54) is 50.8 Å². The first-order valence-electron chi connectivity index (χ1n) is 11.8. The summed E-state index contributed by atoms with van der Waals surface area (Å²) in [5, 5.41) is 3.21. The second-order valence-electron chi connectivity index (χ2n) is 9.53. The number of nitrogens with zero attached hydrogens (tertiary/aromatic N) is 2. The van der Waals surface area contributed by atoms with Gasteiger partial charge in [0.15, 0.2) is 0 Å². The predicted octanol–water partition coefficient (Wildman–Crippen LogP) is 3.84. The fourth-order valence-corrected chi connectivity index (χ4v) is 6.41. The van der Waals surface area contributed by atoms with Crippen LogP contribution < -0.4 is 10.1 Å². The van der Waals surface area contributed by atoms with Gasteiger partial charge >= 0.3 is 6.03 Å². The first-order valence-corrected chi connectivity index (χ1v) is 11.8. The summed E-state index contributed by atoms with van der Waals surface area (Å²) in [6.45, 7) is 4.00. The number of piperidine rings is 3. The molecule has 3 fully saturated rings. The molecule has 5 rings (SSSR count). The third-order valence-corrected chi connectivity index (χ3v) is 7.77. The van der Waals surface area contributed by atoms with Crippen LogP contribution in [0, 0.1) is 11.8 Å². The molecule has 3 aliphatic heterocycles. The van der Waals surface area contributed by atoms with Gasteiger partial charge in [-0.05, 0) is 74.6 Å². The molecule has 162 valence electrons. The molecule has 0 unspecified atom stereocenters. The van der Waals surface area contributed by atoms with E-state index in [1.807, 2.05) is 12.1 Å². The molecule has 1 aromatic rings. The van der Waals surface area contributed by atoms with Crippen molar-refractivity contribution in [1.29, 1.82) is 0 Å². The lowest BCUT2D eigenvalue weighted by atomic mass is 9.68. The van der Waals surface area contributed by atoms with E-state index in [0.29, 0.717) is 24.4 Å². The molecule has 1 aromatic carbocycles. The number of ether oxygens (including phenoxy) is 1. The van der Waals surface area contributed by atoms with Crippen molar-refractivity contribution < 1.29 is 9.53 Å². The summed E-state index contributed by atoms with van der Waals surface area (Å²) in [6, 6.07) is 9.31. The van der Waals surface area contributed by atoms with E-state index >= 15 is 0 Å². The molecule has 0 saturated carbocycles. The van der Waals surface area contributed by atoms with E-state index in [-0.39, 0.29) is 6.03 Å². The summed E-state index contributed by atoms with van der Waals surface area (Å²) in [7, 11) is 1.68. The number of methoxy groups -OCH3 is 1. The summed E-state index contributed by atoms with van der Waals surface area (Å²) < 4.78 is 5.22. The van der Waals surface area contributed by atoms with Crippen LogP contribution in [0.4, 0.5) is 4.79 Å². The maximum absolute atomic E-state index is 13.1. The number of carbonyl (C=O) groups is 1. The fourth-order valence-electron chi connectivity index (χ4n) is 6.41. The Morgan fingerprint density at radius 2 is 2.03 bits per heavy atom. The molecule has 0 radical (unpaired) electrons. The van der Waals surface area contributed by atoms with Crippen molar-refractivity contribution in [2.75, 3.05) is 33.3 Å². The van der Waals surface area contributed by atoms with E-state index in [2.05, 4.69) is 33.3 Å². The van der Waals surface area contributed by atoms with Crippen LogP contribution in [0.25, 0.3) is 0 Å². The monoisotopic (exact) mass is 409 g/mol. The summed E-state index contributed by atoms with van der Waals surface area (Å²) in [5.74, 6) is 2.19. The highest BCUT2D eigenvalue weighted by molar-refractivity contribution is 5.75. The van der Waals surface area contributed by atoms with Gasteiger partial charge in [0, 0.05) is 25.7 Å². The molecule has 3 saturated heterocycles. The molecule has 0 spiro atoms. The number of likely N-dealkylation sites (tertiary alicyclic amines) is 1. The highest BCUT2D eigenvalue weighted by Gasteiger charge is 2.46. The first kappa shape index (κ1) is 19.9. The lowest BCUT2D eigenvalue weighted by molar-refractivity contribution is 0.00793. The molecule has 30 heavy (non-hydrogen) atoms. The minimum Gasteiger partial charge on any atom is -0.497 e. The Balaban J connectivity index is 1.23. The highest BCUT2D eigenvalue weighted by atomic mass is 16.5. The van der Waals surface area contributed by atoms with E-state index in [4.69, 9.17) is 4.74 Å². The van der Waals surface area contributed by atoms with Crippen molar-refractivity contribution in [1.82, 2.24) is 15.1 Å². The fraction of sp³-hybridized carbons (Fsp3) is 0.640. The summed E-state index contributed by atoms with van der Waals surface area (Å²) >= 11 is 0. The number of hydrogen-bond acceptors (Lipinski definition) is 3.